The van der Waals surface area contributed by atoms with Crippen LogP contribution in [0.3, 0.4) is 0 Å². The van der Waals surface area contributed by atoms with Gasteiger partial charge in [0, 0.05) is 24.6 Å². The Kier molecular flexibility index (Phi) is 5.99. The summed E-state index contributed by atoms with van der Waals surface area (Å²) in [5.74, 6) is -1.22. The summed E-state index contributed by atoms with van der Waals surface area (Å²) >= 11 is 0. The molecule has 5 heteroatoms. The average molecular weight is 358 g/mol. The van der Waals surface area contributed by atoms with Crippen LogP contribution in [-0.2, 0) is 17.9 Å². The SMILES string of the molecule is Cc1cccc(CNCCC2CCC(=O)N2Cc2c(F)cccc2F)c1. The Morgan fingerprint density at radius 1 is 1.15 bits per heavy atom. The second-order valence-electron chi connectivity index (χ2n) is 6.87. The number of likely N-dealkylation sites (tertiary alicyclic amines) is 1. The van der Waals surface area contributed by atoms with E-state index in [1.807, 2.05) is 6.07 Å². The van der Waals surface area contributed by atoms with E-state index in [0.717, 1.165) is 25.9 Å². The van der Waals surface area contributed by atoms with Crippen molar-refractivity contribution in [2.24, 2.45) is 0 Å². The number of benzene rings is 2. The van der Waals surface area contributed by atoms with E-state index in [-0.39, 0.29) is 24.1 Å². The number of amides is 1. The van der Waals surface area contributed by atoms with Gasteiger partial charge in [-0.1, -0.05) is 35.9 Å². The van der Waals surface area contributed by atoms with Crippen molar-refractivity contribution in [2.75, 3.05) is 6.54 Å². The Morgan fingerprint density at radius 3 is 2.62 bits per heavy atom. The standard InChI is InChI=1S/C21H24F2N2O/c1-15-4-2-5-16(12-15)13-24-11-10-17-8-9-21(26)25(17)14-18-19(22)6-3-7-20(18)23/h2-7,12,17,24H,8-11,13-14H2,1H3. The number of rotatable bonds is 7. The van der Waals surface area contributed by atoms with Gasteiger partial charge in [-0.25, -0.2) is 8.78 Å². The van der Waals surface area contributed by atoms with Gasteiger partial charge >= 0.3 is 0 Å². The van der Waals surface area contributed by atoms with E-state index in [4.69, 9.17) is 0 Å². The Bertz CT molecular complexity index is 758. The van der Waals surface area contributed by atoms with E-state index < -0.39 is 11.6 Å². The largest absolute Gasteiger partial charge is 0.335 e. The molecule has 1 aliphatic rings. The van der Waals surface area contributed by atoms with E-state index in [1.54, 1.807) is 4.90 Å². The van der Waals surface area contributed by atoms with Gasteiger partial charge in [-0.2, -0.15) is 0 Å². The van der Waals surface area contributed by atoms with Crippen LogP contribution in [0.5, 0.6) is 0 Å². The van der Waals surface area contributed by atoms with Gasteiger partial charge in [-0.05, 0) is 44.0 Å². The summed E-state index contributed by atoms with van der Waals surface area (Å²) in [5.41, 5.74) is 2.42. The molecule has 1 aliphatic heterocycles. The van der Waals surface area contributed by atoms with Gasteiger partial charge < -0.3 is 10.2 Å². The van der Waals surface area contributed by atoms with Crippen LogP contribution in [-0.4, -0.2) is 23.4 Å². The van der Waals surface area contributed by atoms with Crippen LogP contribution in [0.15, 0.2) is 42.5 Å². The topological polar surface area (TPSA) is 32.3 Å². The highest BCUT2D eigenvalue weighted by Crippen LogP contribution is 2.25. The van der Waals surface area contributed by atoms with Gasteiger partial charge in [0.05, 0.1) is 6.54 Å². The molecule has 3 nitrogen and oxygen atoms in total. The maximum atomic E-state index is 13.9. The Balaban J connectivity index is 1.54. The highest BCUT2D eigenvalue weighted by molar-refractivity contribution is 5.78. The maximum Gasteiger partial charge on any atom is 0.223 e. The molecule has 1 heterocycles. The normalized spacial score (nSPS) is 17.1. The lowest BCUT2D eigenvalue weighted by molar-refractivity contribution is -0.129. The third-order valence-electron chi connectivity index (χ3n) is 4.91. The first kappa shape index (κ1) is 18.5. The summed E-state index contributed by atoms with van der Waals surface area (Å²) in [4.78, 5) is 13.8. The Hall–Kier alpha value is -2.27. The average Bonchev–Trinajstić information content (AvgIpc) is 2.95. The molecule has 1 amide bonds. The van der Waals surface area contributed by atoms with E-state index in [9.17, 15) is 13.6 Å². The molecule has 2 aromatic carbocycles. The first-order valence-corrected chi connectivity index (χ1v) is 9.03. The molecule has 0 bridgehead atoms. The summed E-state index contributed by atoms with van der Waals surface area (Å²) < 4.78 is 27.8. The number of nitrogens with one attached hydrogen (secondary N) is 1. The number of carbonyl (C=O) groups is 1. The van der Waals surface area contributed by atoms with Gasteiger partial charge in [0.1, 0.15) is 11.6 Å². The van der Waals surface area contributed by atoms with Crippen molar-refractivity contribution >= 4 is 5.91 Å². The molecule has 1 atom stereocenters. The zero-order chi connectivity index (χ0) is 18.5. The predicted molar refractivity (Wildman–Crippen MR) is 97.4 cm³/mol. The van der Waals surface area contributed by atoms with Crippen LogP contribution >= 0.6 is 0 Å². The molecule has 0 saturated carbocycles. The smallest absolute Gasteiger partial charge is 0.223 e. The molecule has 3 rings (SSSR count). The number of hydrogen-bond donors (Lipinski definition) is 1. The number of halogens is 2. The number of carbonyl (C=O) groups excluding carboxylic acids is 1. The van der Waals surface area contributed by atoms with Crippen molar-refractivity contribution in [2.45, 2.75) is 45.3 Å². The molecule has 0 spiro atoms. The van der Waals surface area contributed by atoms with Gasteiger partial charge in [-0.3, -0.25) is 4.79 Å². The monoisotopic (exact) mass is 358 g/mol. The Labute approximate surface area is 153 Å². The molecule has 1 fully saturated rings. The molecule has 0 aliphatic carbocycles. The molecule has 1 unspecified atom stereocenters. The fraction of sp³-hybridized carbons (Fsp3) is 0.381. The molecule has 0 radical (unpaired) electrons. The van der Waals surface area contributed by atoms with E-state index in [0.29, 0.717) is 6.42 Å². The van der Waals surface area contributed by atoms with Gasteiger partial charge in [0.25, 0.3) is 0 Å². The lowest BCUT2D eigenvalue weighted by atomic mass is 10.1. The number of aryl methyl sites for hydroxylation is 1. The van der Waals surface area contributed by atoms with E-state index >= 15 is 0 Å². The van der Waals surface area contributed by atoms with Crippen LogP contribution < -0.4 is 5.32 Å². The third-order valence-corrected chi connectivity index (χ3v) is 4.91. The summed E-state index contributed by atoms with van der Waals surface area (Å²) in [6.07, 6.45) is 1.95. The van der Waals surface area contributed by atoms with Crippen molar-refractivity contribution in [1.29, 1.82) is 0 Å². The first-order valence-electron chi connectivity index (χ1n) is 9.03. The fourth-order valence-electron chi connectivity index (χ4n) is 3.49. The van der Waals surface area contributed by atoms with Crippen LogP contribution in [0.2, 0.25) is 0 Å². The first-order chi connectivity index (χ1) is 12.5. The molecule has 138 valence electrons. The summed E-state index contributed by atoms with van der Waals surface area (Å²) in [6.45, 7) is 3.58. The third kappa shape index (κ3) is 4.47. The molecule has 1 saturated heterocycles. The lowest BCUT2D eigenvalue weighted by Gasteiger charge is -2.25. The highest BCUT2D eigenvalue weighted by atomic mass is 19.1. The minimum absolute atomic E-state index is 0.000112. The van der Waals surface area contributed by atoms with Gasteiger partial charge in [0.15, 0.2) is 0 Å². The highest BCUT2D eigenvalue weighted by Gasteiger charge is 2.31. The van der Waals surface area contributed by atoms with Crippen LogP contribution in [0.25, 0.3) is 0 Å². The minimum Gasteiger partial charge on any atom is -0.335 e. The van der Waals surface area contributed by atoms with Crippen LogP contribution in [0.1, 0.15) is 36.0 Å². The van der Waals surface area contributed by atoms with E-state index in [2.05, 4.69) is 30.4 Å². The second kappa shape index (κ2) is 8.41. The summed E-state index contributed by atoms with van der Waals surface area (Å²) in [6, 6.07) is 12.1. The molecule has 0 aromatic heterocycles. The number of hydrogen-bond acceptors (Lipinski definition) is 2. The maximum absolute atomic E-state index is 13.9. The van der Waals surface area contributed by atoms with Crippen molar-refractivity contribution in [3.8, 4) is 0 Å². The molecule has 2 aromatic rings. The van der Waals surface area contributed by atoms with Crippen molar-refractivity contribution in [3.63, 3.8) is 0 Å². The second-order valence-corrected chi connectivity index (χ2v) is 6.87. The van der Waals surface area contributed by atoms with Crippen molar-refractivity contribution < 1.29 is 13.6 Å². The quantitative estimate of drug-likeness (QED) is 0.760. The molecular formula is C21H24F2N2O. The van der Waals surface area contributed by atoms with Crippen LogP contribution in [0.4, 0.5) is 8.78 Å². The number of nitrogens with zero attached hydrogens (tertiary/aromatic N) is 1. The predicted octanol–water partition coefficient (Wildman–Crippen LogP) is 3.94. The summed E-state index contributed by atoms with van der Waals surface area (Å²) in [7, 11) is 0. The van der Waals surface area contributed by atoms with Gasteiger partial charge in [0.2, 0.25) is 5.91 Å². The van der Waals surface area contributed by atoms with Crippen molar-refractivity contribution in [3.05, 3.63) is 70.8 Å². The summed E-state index contributed by atoms with van der Waals surface area (Å²) in [5, 5.41) is 3.39. The van der Waals surface area contributed by atoms with Crippen molar-refractivity contribution in [1.82, 2.24) is 10.2 Å². The fourth-order valence-corrected chi connectivity index (χ4v) is 3.49. The zero-order valence-corrected chi connectivity index (χ0v) is 15.0. The molecule has 1 N–H and O–H groups in total. The molecule has 26 heavy (non-hydrogen) atoms. The van der Waals surface area contributed by atoms with Crippen LogP contribution in [0, 0.1) is 18.6 Å². The Morgan fingerprint density at radius 2 is 1.88 bits per heavy atom. The molecular weight excluding hydrogens is 334 g/mol. The minimum atomic E-state index is -0.596. The lowest BCUT2D eigenvalue weighted by Crippen LogP contribution is -2.35. The van der Waals surface area contributed by atoms with Gasteiger partial charge in [-0.15, -0.1) is 0 Å². The van der Waals surface area contributed by atoms with E-state index in [1.165, 1.54) is 29.3 Å². The zero-order valence-electron chi connectivity index (χ0n) is 15.0.